The summed E-state index contributed by atoms with van der Waals surface area (Å²) in [6, 6.07) is 4.86. The highest BCUT2D eigenvalue weighted by Gasteiger charge is 2.24. The van der Waals surface area contributed by atoms with E-state index in [1.165, 1.54) is 6.07 Å². The van der Waals surface area contributed by atoms with Crippen LogP contribution in [-0.4, -0.2) is 5.16 Å². The Bertz CT molecular complexity index is 612. The van der Waals surface area contributed by atoms with E-state index in [-0.39, 0.29) is 16.8 Å². The topological polar surface area (TPSA) is 52.0 Å². The van der Waals surface area contributed by atoms with E-state index in [0.717, 1.165) is 31.4 Å². The van der Waals surface area contributed by atoms with Gasteiger partial charge in [0.2, 0.25) is 5.88 Å². The zero-order valence-corrected chi connectivity index (χ0v) is 13.1. The summed E-state index contributed by atoms with van der Waals surface area (Å²) in [5.74, 6) is -0.138. The first kappa shape index (κ1) is 15.8. The van der Waals surface area contributed by atoms with Crippen molar-refractivity contribution in [2.75, 3.05) is 5.73 Å². The maximum absolute atomic E-state index is 14.3. The number of anilines is 1. The molecule has 0 saturated heterocycles. The van der Waals surface area contributed by atoms with E-state index in [4.69, 9.17) is 21.9 Å². The predicted octanol–water partition coefficient (Wildman–Crippen LogP) is 5.40. The van der Waals surface area contributed by atoms with Gasteiger partial charge < -0.3 is 10.3 Å². The van der Waals surface area contributed by atoms with Crippen molar-refractivity contribution in [2.24, 2.45) is 0 Å². The molecule has 0 saturated carbocycles. The number of hydrogen-bond acceptors (Lipinski definition) is 3. The summed E-state index contributed by atoms with van der Waals surface area (Å²) in [7, 11) is 0. The average molecular weight is 311 g/mol. The first-order valence-corrected chi connectivity index (χ1v) is 7.67. The molecule has 2 aromatic rings. The van der Waals surface area contributed by atoms with Crippen LogP contribution in [0.25, 0.3) is 11.1 Å². The molecule has 0 amide bonds. The van der Waals surface area contributed by atoms with Gasteiger partial charge in [-0.1, -0.05) is 55.6 Å². The fourth-order valence-electron chi connectivity index (χ4n) is 2.55. The van der Waals surface area contributed by atoms with Crippen molar-refractivity contribution < 1.29 is 8.91 Å². The molecule has 0 aliphatic heterocycles. The fraction of sp³-hybridized carbons (Fsp3) is 0.438. The molecule has 2 rings (SSSR count). The number of halogens is 2. The third-order valence-electron chi connectivity index (χ3n) is 3.75. The maximum atomic E-state index is 14.3. The lowest BCUT2D eigenvalue weighted by Gasteiger charge is -2.14. The quantitative estimate of drug-likeness (QED) is 0.777. The molecule has 0 radical (unpaired) electrons. The standard InChI is InChI=1S/C16H20ClFN2O/c1-3-5-7-10(4-2)15-13(16(19)21-20-15)11-8-6-9-12(17)14(11)18/h6,8-10H,3-5,7,19H2,1-2H3. The summed E-state index contributed by atoms with van der Waals surface area (Å²) in [6.45, 7) is 4.23. The number of unbranched alkanes of at least 4 members (excludes halogenated alkanes) is 1. The molecular formula is C16H20ClFN2O. The van der Waals surface area contributed by atoms with Gasteiger partial charge in [-0.15, -0.1) is 0 Å². The minimum atomic E-state index is -0.485. The molecule has 3 nitrogen and oxygen atoms in total. The van der Waals surface area contributed by atoms with Gasteiger partial charge in [-0.25, -0.2) is 4.39 Å². The second-order valence-electron chi connectivity index (χ2n) is 5.16. The van der Waals surface area contributed by atoms with Crippen LogP contribution in [0.1, 0.15) is 51.1 Å². The third-order valence-corrected chi connectivity index (χ3v) is 4.04. The molecule has 1 atom stereocenters. The number of nitrogen functional groups attached to an aromatic ring is 1. The Hall–Kier alpha value is -1.55. The van der Waals surface area contributed by atoms with Gasteiger partial charge in [0.05, 0.1) is 16.3 Å². The summed E-state index contributed by atoms with van der Waals surface area (Å²) in [6.07, 6.45) is 4.07. The normalized spacial score (nSPS) is 12.6. The van der Waals surface area contributed by atoms with Crippen LogP contribution in [0.15, 0.2) is 22.7 Å². The fourth-order valence-corrected chi connectivity index (χ4v) is 2.72. The summed E-state index contributed by atoms with van der Waals surface area (Å²) in [5, 5.41) is 4.15. The summed E-state index contributed by atoms with van der Waals surface area (Å²) in [5.41, 5.74) is 7.49. The van der Waals surface area contributed by atoms with Gasteiger partial charge in [-0.2, -0.15) is 0 Å². The van der Waals surface area contributed by atoms with Gasteiger partial charge in [0.15, 0.2) is 0 Å². The van der Waals surface area contributed by atoms with Crippen LogP contribution in [0.4, 0.5) is 10.3 Å². The Kier molecular flexibility index (Phi) is 5.23. The van der Waals surface area contributed by atoms with Crippen molar-refractivity contribution >= 4 is 17.5 Å². The molecule has 5 heteroatoms. The van der Waals surface area contributed by atoms with E-state index in [1.807, 2.05) is 0 Å². The molecule has 0 bridgehead atoms. The molecule has 114 valence electrons. The lowest BCUT2D eigenvalue weighted by molar-refractivity contribution is 0.412. The highest BCUT2D eigenvalue weighted by atomic mass is 35.5. The minimum Gasteiger partial charge on any atom is -0.367 e. The van der Waals surface area contributed by atoms with Gasteiger partial charge in [0.1, 0.15) is 5.82 Å². The Morgan fingerprint density at radius 3 is 2.81 bits per heavy atom. The molecule has 0 fully saturated rings. The number of nitrogens with zero attached hydrogens (tertiary/aromatic N) is 1. The van der Waals surface area contributed by atoms with E-state index < -0.39 is 5.82 Å². The van der Waals surface area contributed by atoms with Crippen molar-refractivity contribution in [3.05, 3.63) is 34.7 Å². The van der Waals surface area contributed by atoms with E-state index in [2.05, 4.69) is 19.0 Å². The van der Waals surface area contributed by atoms with Crippen molar-refractivity contribution in [3.8, 4) is 11.1 Å². The van der Waals surface area contributed by atoms with Crippen LogP contribution >= 0.6 is 11.6 Å². The average Bonchev–Trinajstić information content (AvgIpc) is 2.85. The second-order valence-corrected chi connectivity index (χ2v) is 5.56. The zero-order chi connectivity index (χ0) is 15.4. The van der Waals surface area contributed by atoms with Crippen LogP contribution in [0, 0.1) is 5.82 Å². The highest BCUT2D eigenvalue weighted by Crippen LogP contribution is 2.39. The van der Waals surface area contributed by atoms with E-state index in [1.54, 1.807) is 12.1 Å². The minimum absolute atomic E-state index is 0.0701. The van der Waals surface area contributed by atoms with Gasteiger partial charge in [-0.05, 0) is 18.9 Å². The van der Waals surface area contributed by atoms with Crippen molar-refractivity contribution in [1.82, 2.24) is 5.16 Å². The number of rotatable bonds is 6. The molecule has 0 aliphatic carbocycles. The molecule has 0 spiro atoms. The Balaban J connectivity index is 2.49. The smallest absolute Gasteiger partial charge is 0.230 e. The molecule has 2 N–H and O–H groups in total. The van der Waals surface area contributed by atoms with Crippen molar-refractivity contribution in [2.45, 2.75) is 45.4 Å². The van der Waals surface area contributed by atoms with E-state index >= 15 is 0 Å². The lowest BCUT2D eigenvalue weighted by atomic mass is 9.90. The molecule has 1 aromatic heterocycles. The van der Waals surface area contributed by atoms with Crippen molar-refractivity contribution in [1.29, 1.82) is 0 Å². The lowest BCUT2D eigenvalue weighted by Crippen LogP contribution is -2.01. The van der Waals surface area contributed by atoms with Crippen LogP contribution in [-0.2, 0) is 0 Å². The number of hydrogen-bond donors (Lipinski definition) is 1. The Morgan fingerprint density at radius 1 is 1.38 bits per heavy atom. The van der Waals surface area contributed by atoms with Crippen LogP contribution in [0.3, 0.4) is 0 Å². The van der Waals surface area contributed by atoms with Crippen LogP contribution in [0.2, 0.25) is 5.02 Å². The highest BCUT2D eigenvalue weighted by molar-refractivity contribution is 6.31. The summed E-state index contributed by atoms with van der Waals surface area (Å²) in [4.78, 5) is 0. The molecule has 1 aromatic carbocycles. The Labute approximate surface area is 129 Å². The number of nitrogens with two attached hydrogens (primary N) is 1. The van der Waals surface area contributed by atoms with Crippen LogP contribution < -0.4 is 5.73 Å². The van der Waals surface area contributed by atoms with Crippen molar-refractivity contribution in [3.63, 3.8) is 0 Å². The number of aromatic nitrogens is 1. The van der Waals surface area contributed by atoms with Gasteiger partial charge in [0, 0.05) is 11.5 Å². The molecular weight excluding hydrogens is 291 g/mol. The SMILES string of the molecule is CCCCC(CC)c1noc(N)c1-c1cccc(Cl)c1F. The molecule has 1 unspecified atom stereocenters. The second kappa shape index (κ2) is 6.94. The Morgan fingerprint density at radius 2 is 2.14 bits per heavy atom. The van der Waals surface area contributed by atoms with E-state index in [9.17, 15) is 4.39 Å². The molecule has 1 heterocycles. The maximum Gasteiger partial charge on any atom is 0.230 e. The van der Waals surface area contributed by atoms with Crippen LogP contribution in [0.5, 0.6) is 0 Å². The number of benzene rings is 1. The van der Waals surface area contributed by atoms with Gasteiger partial charge in [-0.3, -0.25) is 0 Å². The molecule has 21 heavy (non-hydrogen) atoms. The first-order valence-electron chi connectivity index (χ1n) is 7.29. The first-order chi connectivity index (χ1) is 10.1. The largest absolute Gasteiger partial charge is 0.367 e. The predicted molar refractivity (Wildman–Crippen MR) is 83.9 cm³/mol. The monoisotopic (exact) mass is 310 g/mol. The molecule has 0 aliphatic rings. The van der Waals surface area contributed by atoms with Gasteiger partial charge in [0.25, 0.3) is 0 Å². The van der Waals surface area contributed by atoms with Gasteiger partial charge >= 0.3 is 0 Å². The summed E-state index contributed by atoms with van der Waals surface area (Å²) >= 11 is 5.87. The third kappa shape index (κ3) is 3.21. The van der Waals surface area contributed by atoms with E-state index in [0.29, 0.717) is 11.1 Å². The summed E-state index contributed by atoms with van der Waals surface area (Å²) < 4.78 is 19.4. The zero-order valence-electron chi connectivity index (χ0n) is 12.3.